The number of fused-ring (bicyclic) bond motifs is 9. The average Bonchev–Trinajstić information content (AvgIpc) is 4.04. The Morgan fingerprint density at radius 1 is 0.328 bits per heavy atom. The second-order valence-electron chi connectivity index (χ2n) is 16.7. The fraction of sp³-hybridized carbons (Fsp3) is 0. The molecule has 300 valence electrons. The molecule has 64 heavy (non-hydrogen) atoms. The number of hydrogen-bond acceptors (Lipinski definition) is 1. The summed E-state index contributed by atoms with van der Waals surface area (Å²) in [4.78, 5) is 0. The van der Waals surface area contributed by atoms with E-state index in [2.05, 4.69) is 252 Å². The molecule has 13 aromatic rings. The van der Waals surface area contributed by atoms with Crippen LogP contribution in [0.5, 0.6) is 0 Å². The molecule has 0 aliphatic rings. The zero-order valence-electron chi connectivity index (χ0n) is 34.9. The minimum absolute atomic E-state index is 1.16. The summed E-state index contributed by atoms with van der Waals surface area (Å²) in [5.74, 6) is 0. The van der Waals surface area contributed by atoms with E-state index >= 15 is 0 Å². The third-order valence-electron chi connectivity index (χ3n) is 13.5. The normalized spacial score (nSPS) is 12.1. The number of hydrogen-bond donors (Lipinski definition) is 0. The first-order chi connectivity index (χ1) is 31.8. The molecule has 0 saturated heterocycles. The smallest absolute Gasteiger partial charge is 0.181 e. The van der Waals surface area contributed by atoms with Crippen LogP contribution in [-0.2, 0) is 0 Å². The third-order valence-corrected chi connectivity index (χ3v) is 19.7. The summed E-state index contributed by atoms with van der Waals surface area (Å²) in [6, 6.07) is 90.3. The van der Waals surface area contributed by atoms with Gasteiger partial charge in [0.15, 0.2) is 8.07 Å². The van der Waals surface area contributed by atoms with Crippen molar-refractivity contribution in [2.75, 3.05) is 0 Å². The molecule has 3 heterocycles. The second kappa shape index (κ2) is 14.7. The van der Waals surface area contributed by atoms with Gasteiger partial charge in [0.25, 0.3) is 0 Å². The lowest BCUT2D eigenvalue weighted by molar-refractivity contribution is 1.17. The van der Waals surface area contributed by atoms with Gasteiger partial charge in [-0.2, -0.15) is 0 Å². The van der Waals surface area contributed by atoms with Gasteiger partial charge in [0, 0.05) is 53.0 Å². The lowest BCUT2D eigenvalue weighted by Crippen LogP contribution is -2.74. The number of aromatic nitrogens is 2. The van der Waals surface area contributed by atoms with Gasteiger partial charge in [0.05, 0.1) is 27.8 Å². The highest BCUT2D eigenvalue weighted by molar-refractivity contribution is 7.30. The van der Waals surface area contributed by atoms with Gasteiger partial charge in [0.1, 0.15) is 0 Å². The summed E-state index contributed by atoms with van der Waals surface area (Å²) in [6.07, 6.45) is 0. The van der Waals surface area contributed by atoms with Gasteiger partial charge < -0.3 is 9.13 Å². The zero-order chi connectivity index (χ0) is 42.2. The first-order valence-corrected chi connectivity index (χ1v) is 24.8. The van der Waals surface area contributed by atoms with Gasteiger partial charge >= 0.3 is 0 Å². The molecule has 2 nitrogen and oxygen atoms in total. The Kier molecular flexibility index (Phi) is 8.45. The summed E-state index contributed by atoms with van der Waals surface area (Å²) < 4.78 is 7.63. The van der Waals surface area contributed by atoms with Crippen LogP contribution in [0.25, 0.3) is 86.3 Å². The summed E-state index contributed by atoms with van der Waals surface area (Å²) in [5, 5.41) is 13.2. The molecule has 0 bridgehead atoms. The Balaban J connectivity index is 1.13. The van der Waals surface area contributed by atoms with Crippen LogP contribution in [0.15, 0.2) is 243 Å². The first kappa shape index (κ1) is 36.9. The van der Waals surface area contributed by atoms with E-state index < -0.39 is 8.07 Å². The van der Waals surface area contributed by atoms with Crippen LogP contribution < -0.4 is 20.7 Å². The highest BCUT2D eigenvalue weighted by atomic mass is 32.1. The van der Waals surface area contributed by atoms with Gasteiger partial charge in [-0.3, -0.25) is 0 Å². The standard InChI is InChI=1S/C60H40N2SSi/c1-5-21-41(22-6-1)61-52-36-16-14-30-49(52)58-53(61)37-20-38-54(58)62-51-35-15-13-29-45(51)47-32-17-33-48(59(47)62)46-31-18-39-55-57(46)50-34-19-40-56(60(50)63-55)64(42-23-7-2-8-24-42,43-25-9-3-10-26-43)44-27-11-4-12-28-44/h1-40H. The van der Waals surface area contributed by atoms with E-state index in [0.717, 1.165) is 5.69 Å². The largest absolute Gasteiger partial charge is 0.309 e. The molecular weight excluding hydrogens is 809 g/mol. The fourth-order valence-electron chi connectivity index (χ4n) is 10.9. The van der Waals surface area contributed by atoms with Crippen LogP contribution in [0.3, 0.4) is 0 Å². The van der Waals surface area contributed by atoms with Crippen LogP contribution in [-0.4, -0.2) is 17.2 Å². The van der Waals surface area contributed by atoms with Crippen molar-refractivity contribution in [3.05, 3.63) is 243 Å². The number of thiophene rings is 1. The number of rotatable bonds is 7. The monoisotopic (exact) mass is 848 g/mol. The maximum atomic E-state index is 2.56. The summed E-state index contributed by atoms with van der Waals surface area (Å²) in [5.41, 5.74) is 9.62. The summed E-state index contributed by atoms with van der Waals surface area (Å²) in [7, 11) is -2.81. The van der Waals surface area contributed by atoms with E-state index in [0.29, 0.717) is 0 Å². The molecule has 3 aromatic heterocycles. The van der Waals surface area contributed by atoms with Crippen LogP contribution in [0.2, 0.25) is 0 Å². The Morgan fingerprint density at radius 3 is 1.52 bits per heavy atom. The Morgan fingerprint density at radius 2 is 0.828 bits per heavy atom. The van der Waals surface area contributed by atoms with E-state index in [1.54, 1.807) is 0 Å². The molecule has 0 aliphatic carbocycles. The number of nitrogens with zero attached hydrogens (tertiary/aromatic N) is 2. The van der Waals surface area contributed by atoms with E-state index in [1.165, 1.54) is 101 Å². The van der Waals surface area contributed by atoms with Crippen LogP contribution >= 0.6 is 11.3 Å². The summed E-state index contributed by atoms with van der Waals surface area (Å²) in [6.45, 7) is 0. The summed E-state index contributed by atoms with van der Waals surface area (Å²) >= 11 is 1.95. The molecule has 0 atom stereocenters. The molecule has 10 aromatic carbocycles. The average molecular weight is 849 g/mol. The van der Waals surface area contributed by atoms with E-state index in [-0.39, 0.29) is 0 Å². The van der Waals surface area contributed by atoms with E-state index in [1.807, 2.05) is 11.3 Å². The van der Waals surface area contributed by atoms with Crippen molar-refractivity contribution in [1.29, 1.82) is 0 Å². The molecule has 0 N–H and O–H groups in total. The van der Waals surface area contributed by atoms with Gasteiger partial charge in [-0.15, -0.1) is 11.3 Å². The van der Waals surface area contributed by atoms with Crippen molar-refractivity contribution in [3.8, 4) is 22.5 Å². The third kappa shape index (κ3) is 5.30. The van der Waals surface area contributed by atoms with E-state index in [4.69, 9.17) is 0 Å². The van der Waals surface area contributed by atoms with E-state index in [9.17, 15) is 0 Å². The van der Waals surface area contributed by atoms with Crippen molar-refractivity contribution in [3.63, 3.8) is 0 Å². The maximum Gasteiger partial charge on any atom is 0.181 e. The highest BCUT2D eigenvalue weighted by Crippen LogP contribution is 2.46. The maximum absolute atomic E-state index is 2.81. The highest BCUT2D eigenvalue weighted by Gasteiger charge is 2.43. The zero-order valence-corrected chi connectivity index (χ0v) is 36.7. The minimum atomic E-state index is -2.81. The molecule has 4 heteroatoms. The molecule has 0 fully saturated rings. The van der Waals surface area contributed by atoms with Crippen molar-refractivity contribution >= 4 is 104 Å². The Hall–Kier alpha value is -7.76. The van der Waals surface area contributed by atoms with Gasteiger partial charge in [-0.25, -0.2) is 0 Å². The van der Waals surface area contributed by atoms with Crippen LogP contribution in [0.1, 0.15) is 0 Å². The predicted octanol–water partition coefficient (Wildman–Crippen LogP) is 13.3. The van der Waals surface area contributed by atoms with Crippen molar-refractivity contribution in [1.82, 2.24) is 9.13 Å². The number of benzene rings is 10. The molecule has 0 spiro atoms. The molecule has 13 rings (SSSR count). The van der Waals surface area contributed by atoms with Crippen LogP contribution in [0, 0.1) is 0 Å². The molecule has 0 radical (unpaired) electrons. The molecule has 0 saturated carbocycles. The first-order valence-electron chi connectivity index (χ1n) is 22.0. The van der Waals surface area contributed by atoms with Gasteiger partial charge in [-0.1, -0.05) is 200 Å². The quantitative estimate of drug-likeness (QED) is 0.112. The lowest BCUT2D eigenvalue weighted by atomic mass is 9.97. The molecule has 0 amide bonds. The van der Waals surface area contributed by atoms with Gasteiger partial charge in [0.2, 0.25) is 0 Å². The lowest BCUT2D eigenvalue weighted by Gasteiger charge is -2.34. The Bertz CT molecular complexity index is 3790. The SMILES string of the molecule is c1ccc(-n2c3ccccc3c3c(-n4c5ccccc5c5cccc(-c6cccc7sc8c([Si](c9ccccc9)(c9ccccc9)c9ccccc9)cccc8c67)c54)cccc32)cc1. The second-order valence-corrected chi connectivity index (χ2v) is 21.5. The number of para-hydroxylation sites is 4. The molecule has 0 unspecified atom stereocenters. The van der Waals surface area contributed by atoms with Crippen molar-refractivity contribution in [2.45, 2.75) is 0 Å². The molecule has 0 aliphatic heterocycles. The van der Waals surface area contributed by atoms with Gasteiger partial charge in [-0.05, 0) is 68.8 Å². The Labute approximate surface area is 376 Å². The van der Waals surface area contributed by atoms with Crippen molar-refractivity contribution < 1.29 is 0 Å². The predicted molar refractivity (Wildman–Crippen MR) is 277 cm³/mol. The molecular formula is C60H40N2SSi. The van der Waals surface area contributed by atoms with Crippen molar-refractivity contribution in [2.24, 2.45) is 0 Å². The minimum Gasteiger partial charge on any atom is -0.309 e. The fourth-order valence-corrected chi connectivity index (χ4v) is 17.5. The van der Waals surface area contributed by atoms with Crippen LogP contribution in [0.4, 0.5) is 0 Å². The topological polar surface area (TPSA) is 9.86 Å².